The van der Waals surface area contributed by atoms with Gasteiger partial charge in [-0.2, -0.15) is 0 Å². The number of hydrogen-bond donors (Lipinski definition) is 1. The Bertz CT molecular complexity index is 465. The van der Waals surface area contributed by atoms with Crippen molar-refractivity contribution in [3.8, 4) is 0 Å². The Labute approximate surface area is 124 Å². The summed E-state index contributed by atoms with van der Waals surface area (Å²) in [6, 6.07) is 3.12. The summed E-state index contributed by atoms with van der Waals surface area (Å²) < 4.78 is 0. The van der Waals surface area contributed by atoms with Gasteiger partial charge in [0.1, 0.15) is 5.69 Å². The summed E-state index contributed by atoms with van der Waals surface area (Å²) in [6.45, 7) is 5.09. The molecular weight excluding hydrogens is 278 g/mol. The van der Waals surface area contributed by atoms with Crippen molar-refractivity contribution >= 4 is 23.4 Å². The molecule has 0 fully saturated rings. The topological polar surface area (TPSA) is 62.3 Å². The molecule has 110 valence electrons. The van der Waals surface area contributed by atoms with Crippen LogP contribution in [0.25, 0.3) is 0 Å². The number of nitrogens with zero attached hydrogens (tertiary/aromatic N) is 2. The van der Waals surface area contributed by atoms with Crippen LogP contribution in [0.4, 0.5) is 0 Å². The third kappa shape index (κ3) is 5.17. The molecule has 0 atom stereocenters. The fourth-order valence-corrected chi connectivity index (χ4v) is 1.86. The monoisotopic (exact) mass is 297 g/mol. The smallest absolute Gasteiger partial charge is 0.272 e. The molecule has 0 aliphatic carbocycles. The van der Waals surface area contributed by atoms with Gasteiger partial charge in [0.15, 0.2) is 0 Å². The van der Waals surface area contributed by atoms with Crippen molar-refractivity contribution in [3.63, 3.8) is 0 Å². The molecule has 20 heavy (non-hydrogen) atoms. The molecule has 6 heteroatoms. The minimum atomic E-state index is -0.277. The molecular formula is C14H20ClN3O2. The first kappa shape index (κ1) is 16.4. The maximum Gasteiger partial charge on any atom is 0.272 e. The van der Waals surface area contributed by atoms with Crippen molar-refractivity contribution < 1.29 is 9.59 Å². The van der Waals surface area contributed by atoms with Crippen LogP contribution in [0.5, 0.6) is 0 Å². The summed E-state index contributed by atoms with van der Waals surface area (Å²) in [6.07, 6.45) is 3.12. The maximum absolute atomic E-state index is 12.3. The van der Waals surface area contributed by atoms with Gasteiger partial charge in [0.05, 0.1) is 6.54 Å². The molecule has 1 N–H and O–H groups in total. The molecule has 0 radical (unpaired) electrons. The lowest BCUT2D eigenvalue weighted by atomic mass is 10.3. The lowest BCUT2D eigenvalue weighted by Gasteiger charge is -2.21. The number of carbonyl (C=O) groups is 2. The Hall–Kier alpha value is -1.62. The van der Waals surface area contributed by atoms with Gasteiger partial charge in [-0.05, 0) is 25.0 Å². The SMILES string of the molecule is CCCNC(=O)CN(CCC)C(=O)c1cc(Cl)ccn1. The highest BCUT2D eigenvalue weighted by molar-refractivity contribution is 6.30. The Morgan fingerprint density at radius 2 is 2.10 bits per heavy atom. The molecule has 0 aliphatic heterocycles. The quantitative estimate of drug-likeness (QED) is 0.838. The summed E-state index contributed by atoms with van der Waals surface area (Å²) in [5, 5.41) is 3.21. The second-order valence-electron chi connectivity index (χ2n) is 4.44. The van der Waals surface area contributed by atoms with Crippen molar-refractivity contribution in [2.45, 2.75) is 26.7 Å². The zero-order valence-corrected chi connectivity index (χ0v) is 12.6. The molecule has 0 bridgehead atoms. The fraction of sp³-hybridized carbons (Fsp3) is 0.500. The summed E-state index contributed by atoms with van der Waals surface area (Å²) >= 11 is 5.85. The highest BCUT2D eigenvalue weighted by atomic mass is 35.5. The molecule has 1 heterocycles. The molecule has 0 saturated carbocycles. The first-order valence-electron chi connectivity index (χ1n) is 6.76. The second kappa shape index (κ2) is 8.53. The van der Waals surface area contributed by atoms with E-state index in [-0.39, 0.29) is 24.1 Å². The molecule has 0 aliphatic rings. The van der Waals surface area contributed by atoms with Crippen molar-refractivity contribution in [2.75, 3.05) is 19.6 Å². The average molecular weight is 298 g/mol. The van der Waals surface area contributed by atoms with Crippen molar-refractivity contribution in [3.05, 3.63) is 29.0 Å². The molecule has 1 aromatic heterocycles. The van der Waals surface area contributed by atoms with Gasteiger partial charge < -0.3 is 10.2 Å². The normalized spacial score (nSPS) is 10.2. The summed E-state index contributed by atoms with van der Waals surface area (Å²) in [7, 11) is 0. The van der Waals surface area contributed by atoms with Gasteiger partial charge in [-0.25, -0.2) is 0 Å². The summed E-state index contributed by atoms with van der Waals surface area (Å²) in [4.78, 5) is 29.6. The van der Waals surface area contributed by atoms with Gasteiger partial charge in [0.2, 0.25) is 5.91 Å². The molecule has 0 aromatic carbocycles. The van der Waals surface area contributed by atoms with Crippen LogP contribution in [0.3, 0.4) is 0 Å². The second-order valence-corrected chi connectivity index (χ2v) is 4.87. The van der Waals surface area contributed by atoms with E-state index < -0.39 is 0 Å². The highest BCUT2D eigenvalue weighted by Gasteiger charge is 2.19. The lowest BCUT2D eigenvalue weighted by Crippen LogP contribution is -2.41. The van der Waals surface area contributed by atoms with Crippen LogP contribution in [0.2, 0.25) is 5.02 Å². The zero-order chi connectivity index (χ0) is 15.0. The minimum Gasteiger partial charge on any atom is -0.355 e. The van der Waals surface area contributed by atoms with E-state index >= 15 is 0 Å². The predicted octanol–water partition coefficient (Wildman–Crippen LogP) is 2.11. The van der Waals surface area contributed by atoms with E-state index in [4.69, 9.17) is 11.6 Å². The van der Waals surface area contributed by atoms with Crippen molar-refractivity contribution in [2.24, 2.45) is 0 Å². The fourth-order valence-electron chi connectivity index (χ4n) is 1.70. The molecule has 0 spiro atoms. The minimum absolute atomic E-state index is 0.0425. The number of hydrogen-bond acceptors (Lipinski definition) is 3. The Morgan fingerprint density at radius 1 is 1.35 bits per heavy atom. The number of aromatic nitrogens is 1. The van der Waals surface area contributed by atoms with Crippen LogP contribution in [0.1, 0.15) is 37.2 Å². The van der Waals surface area contributed by atoms with E-state index in [1.807, 2.05) is 13.8 Å². The van der Waals surface area contributed by atoms with E-state index in [0.717, 1.165) is 12.8 Å². The largest absolute Gasteiger partial charge is 0.355 e. The van der Waals surface area contributed by atoms with Gasteiger partial charge in [-0.3, -0.25) is 14.6 Å². The van der Waals surface area contributed by atoms with Crippen molar-refractivity contribution in [1.82, 2.24) is 15.2 Å². The van der Waals surface area contributed by atoms with Crippen LogP contribution in [-0.2, 0) is 4.79 Å². The van der Waals surface area contributed by atoms with E-state index in [1.165, 1.54) is 17.2 Å². The number of carbonyl (C=O) groups excluding carboxylic acids is 2. The van der Waals surface area contributed by atoms with Crippen LogP contribution in [0.15, 0.2) is 18.3 Å². The van der Waals surface area contributed by atoms with Gasteiger partial charge in [0.25, 0.3) is 5.91 Å². The van der Waals surface area contributed by atoms with Crippen LogP contribution < -0.4 is 5.32 Å². The highest BCUT2D eigenvalue weighted by Crippen LogP contribution is 2.10. The van der Waals surface area contributed by atoms with E-state index in [0.29, 0.717) is 18.1 Å². The third-order valence-corrected chi connectivity index (χ3v) is 2.86. The predicted molar refractivity (Wildman–Crippen MR) is 78.7 cm³/mol. The first-order chi connectivity index (χ1) is 9.58. The number of amides is 2. The van der Waals surface area contributed by atoms with Gasteiger partial charge >= 0.3 is 0 Å². The van der Waals surface area contributed by atoms with Crippen molar-refractivity contribution in [1.29, 1.82) is 0 Å². The Balaban J connectivity index is 2.74. The molecule has 2 amide bonds. The molecule has 0 unspecified atom stereocenters. The molecule has 1 rings (SSSR count). The standard InChI is InChI=1S/C14H20ClN3O2/c1-3-6-17-13(19)10-18(8-4-2)14(20)12-9-11(15)5-7-16-12/h5,7,9H,3-4,6,8,10H2,1-2H3,(H,17,19). The number of nitrogens with one attached hydrogen (secondary N) is 1. The summed E-state index contributed by atoms with van der Waals surface area (Å²) in [5.74, 6) is -0.434. The zero-order valence-electron chi connectivity index (χ0n) is 11.9. The van der Waals surface area contributed by atoms with Gasteiger partial charge in [0, 0.05) is 24.3 Å². The molecule has 0 saturated heterocycles. The van der Waals surface area contributed by atoms with Gasteiger partial charge in [-0.1, -0.05) is 25.4 Å². The van der Waals surface area contributed by atoms with Gasteiger partial charge in [-0.15, -0.1) is 0 Å². The van der Waals surface area contributed by atoms with Crippen LogP contribution in [0, 0.1) is 0 Å². The van der Waals surface area contributed by atoms with Crippen LogP contribution >= 0.6 is 11.6 Å². The molecule has 5 nitrogen and oxygen atoms in total. The molecule has 1 aromatic rings. The van der Waals surface area contributed by atoms with E-state index in [9.17, 15) is 9.59 Å². The first-order valence-corrected chi connectivity index (χ1v) is 7.13. The third-order valence-electron chi connectivity index (χ3n) is 2.63. The number of pyridine rings is 1. The van der Waals surface area contributed by atoms with E-state index in [2.05, 4.69) is 10.3 Å². The Kier molecular flexibility index (Phi) is 7.01. The maximum atomic E-state index is 12.3. The summed E-state index contributed by atoms with van der Waals surface area (Å²) in [5.41, 5.74) is 0.259. The Morgan fingerprint density at radius 3 is 2.70 bits per heavy atom. The average Bonchev–Trinajstić information content (AvgIpc) is 2.44. The number of rotatable bonds is 7. The van der Waals surface area contributed by atoms with E-state index in [1.54, 1.807) is 6.07 Å². The number of halogens is 1. The van der Waals surface area contributed by atoms with Crippen LogP contribution in [-0.4, -0.2) is 41.3 Å². The lowest BCUT2D eigenvalue weighted by molar-refractivity contribution is -0.121.